The average molecular weight is 213 g/mol. The van der Waals surface area contributed by atoms with Gasteiger partial charge >= 0.3 is 0 Å². The molecule has 0 spiro atoms. The zero-order valence-corrected chi connectivity index (χ0v) is 11.4. The van der Waals surface area contributed by atoms with Crippen LogP contribution in [0.25, 0.3) is 0 Å². The van der Waals surface area contributed by atoms with Crippen LogP contribution in [0.15, 0.2) is 0 Å². The van der Waals surface area contributed by atoms with Crippen molar-refractivity contribution in [2.24, 2.45) is 17.3 Å². The summed E-state index contributed by atoms with van der Waals surface area (Å²) in [5.74, 6) is 0.873. The molecular weight excluding hydrogens is 186 g/mol. The Labute approximate surface area is 95.0 Å². The summed E-state index contributed by atoms with van der Waals surface area (Å²) >= 11 is 0. The summed E-state index contributed by atoms with van der Waals surface area (Å²) in [5.41, 5.74) is 0.0515. The van der Waals surface area contributed by atoms with Crippen molar-refractivity contribution in [3.8, 4) is 0 Å². The first-order chi connectivity index (χ1) is 6.75. The fourth-order valence-corrected chi connectivity index (χ4v) is 2.10. The summed E-state index contributed by atoms with van der Waals surface area (Å²) in [5, 5.41) is 0. The van der Waals surface area contributed by atoms with E-state index in [1.54, 1.807) is 0 Å². The molecule has 0 aliphatic carbocycles. The van der Waals surface area contributed by atoms with Gasteiger partial charge in [0, 0.05) is 19.5 Å². The Balaban J connectivity index is 4.87. The van der Waals surface area contributed by atoms with Crippen molar-refractivity contribution in [3.05, 3.63) is 0 Å². The highest BCUT2D eigenvalue weighted by Gasteiger charge is 2.36. The highest BCUT2D eigenvalue weighted by molar-refractivity contribution is 5.79. The van der Waals surface area contributed by atoms with Crippen molar-refractivity contribution in [1.82, 2.24) is 4.90 Å². The number of amides is 1. The standard InChI is InChI=1S/C13H27NO/c1-8-10(3)11(13(4,5)6)12(15)14(7)9-2/h10-11H,8-9H2,1-7H3/t10?,11-/m0/s1. The Morgan fingerprint density at radius 1 is 1.27 bits per heavy atom. The van der Waals surface area contributed by atoms with E-state index in [4.69, 9.17) is 0 Å². The van der Waals surface area contributed by atoms with Crippen LogP contribution in [0, 0.1) is 17.3 Å². The first-order valence-corrected chi connectivity index (χ1v) is 6.00. The molecule has 0 radical (unpaired) electrons. The maximum Gasteiger partial charge on any atom is 0.226 e. The van der Waals surface area contributed by atoms with Gasteiger partial charge in [0.15, 0.2) is 0 Å². The third-order valence-electron chi connectivity index (χ3n) is 3.26. The number of carbonyl (C=O) groups is 1. The molecule has 0 aliphatic heterocycles. The van der Waals surface area contributed by atoms with Crippen molar-refractivity contribution >= 4 is 5.91 Å². The van der Waals surface area contributed by atoms with E-state index in [2.05, 4.69) is 34.6 Å². The predicted molar refractivity (Wildman–Crippen MR) is 65.7 cm³/mol. The Morgan fingerprint density at radius 2 is 1.73 bits per heavy atom. The number of nitrogens with zero attached hydrogens (tertiary/aromatic N) is 1. The molecule has 1 unspecified atom stereocenters. The molecule has 0 bridgehead atoms. The van der Waals surface area contributed by atoms with E-state index < -0.39 is 0 Å². The largest absolute Gasteiger partial charge is 0.346 e. The quantitative estimate of drug-likeness (QED) is 0.702. The van der Waals surface area contributed by atoms with Crippen LogP contribution in [0.4, 0.5) is 0 Å². The Bertz CT molecular complexity index is 205. The molecule has 0 aromatic carbocycles. The monoisotopic (exact) mass is 213 g/mol. The number of rotatable bonds is 4. The molecule has 0 aromatic rings. The van der Waals surface area contributed by atoms with Crippen LogP contribution in [0.2, 0.25) is 0 Å². The lowest BCUT2D eigenvalue weighted by atomic mass is 9.72. The van der Waals surface area contributed by atoms with Gasteiger partial charge in [-0.1, -0.05) is 41.0 Å². The predicted octanol–water partition coefficient (Wildman–Crippen LogP) is 3.17. The molecule has 0 rings (SSSR count). The first kappa shape index (κ1) is 14.5. The molecule has 0 fully saturated rings. The smallest absolute Gasteiger partial charge is 0.226 e. The third kappa shape index (κ3) is 3.84. The fourth-order valence-electron chi connectivity index (χ4n) is 2.10. The minimum Gasteiger partial charge on any atom is -0.346 e. The molecule has 15 heavy (non-hydrogen) atoms. The molecule has 2 heteroatoms. The first-order valence-electron chi connectivity index (χ1n) is 6.00. The van der Waals surface area contributed by atoms with E-state index in [1.165, 1.54) is 0 Å². The van der Waals surface area contributed by atoms with Crippen LogP contribution in [-0.2, 0) is 4.79 Å². The van der Waals surface area contributed by atoms with Crippen LogP contribution < -0.4 is 0 Å². The van der Waals surface area contributed by atoms with Gasteiger partial charge in [-0.25, -0.2) is 0 Å². The summed E-state index contributed by atoms with van der Waals surface area (Å²) in [4.78, 5) is 14.1. The van der Waals surface area contributed by atoms with Gasteiger partial charge in [0.1, 0.15) is 0 Å². The van der Waals surface area contributed by atoms with Crippen LogP contribution >= 0.6 is 0 Å². The van der Waals surface area contributed by atoms with Crippen molar-refractivity contribution in [2.75, 3.05) is 13.6 Å². The molecule has 1 amide bonds. The zero-order valence-electron chi connectivity index (χ0n) is 11.4. The molecular formula is C13H27NO. The van der Waals surface area contributed by atoms with E-state index in [9.17, 15) is 4.79 Å². The molecule has 0 N–H and O–H groups in total. The molecule has 90 valence electrons. The Kier molecular flexibility index (Phi) is 5.33. The lowest BCUT2D eigenvalue weighted by Crippen LogP contribution is -2.42. The second kappa shape index (κ2) is 5.53. The highest BCUT2D eigenvalue weighted by atomic mass is 16.2. The maximum absolute atomic E-state index is 12.2. The van der Waals surface area contributed by atoms with Gasteiger partial charge in [-0.15, -0.1) is 0 Å². The second-order valence-corrected chi connectivity index (χ2v) is 5.58. The topological polar surface area (TPSA) is 20.3 Å². The fraction of sp³-hybridized carbons (Fsp3) is 0.923. The van der Waals surface area contributed by atoms with Crippen LogP contribution in [0.1, 0.15) is 48.0 Å². The SMILES string of the molecule is CCC(C)[C@@H](C(=O)N(C)CC)C(C)(C)C. The van der Waals surface area contributed by atoms with Gasteiger partial charge < -0.3 is 4.90 Å². The van der Waals surface area contributed by atoms with Crippen molar-refractivity contribution < 1.29 is 4.79 Å². The van der Waals surface area contributed by atoms with Crippen LogP contribution in [0.3, 0.4) is 0 Å². The van der Waals surface area contributed by atoms with Gasteiger partial charge in [0.2, 0.25) is 5.91 Å². The molecule has 2 nitrogen and oxygen atoms in total. The van der Waals surface area contributed by atoms with E-state index in [1.807, 2.05) is 18.9 Å². The lowest BCUT2D eigenvalue weighted by Gasteiger charge is -2.36. The van der Waals surface area contributed by atoms with Crippen molar-refractivity contribution in [2.45, 2.75) is 48.0 Å². The highest BCUT2D eigenvalue weighted by Crippen LogP contribution is 2.34. The molecule has 0 aromatic heterocycles. The minimum atomic E-state index is 0.0515. The summed E-state index contributed by atoms with van der Waals surface area (Å²) in [6.45, 7) is 13.6. The maximum atomic E-state index is 12.2. The molecule has 2 atom stereocenters. The van der Waals surface area contributed by atoms with Crippen molar-refractivity contribution in [1.29, 1.82) is 0 Å². The van der Waals surface area contributed by atoms with Gasteiger partial charge in [0.05, 0.1) is 0 Å². The third-order valence-corrected chi connectivity index (χ3v) is 3.26. The number of carbonyl (C=O) groups excluding carboxylic acids is 1. The minimum absolute atomic E-state index is 0.0515. The van der Waals surface area contributed by atoms with Gasteiger partial charge in [-0.2, -0.15) is 0 Å². The van der Waals surface area contributed by atoms with Crippen LogP contribution in [-0.4, -0.2) is 24.4 Å². The van der Waals surface area contributed by atoms with E-state index in [0.717, 1.165) is 13.0 Å². The summed E-state index contributed by atoms with van der Waals surface area (Å²) < 4.78 is 0. The Hall–Kier alpha value is -0.530. The van der Waals surface area contributed by atoms with Gasteiger partial charge in [-0.3, -0.25) is 4.79 Å². The van der Waals surface area contributed by atoms with Crippen molar-refractivity contribution in [3.63, 3.8) is 0 Å². The van der Waals surface area contributed by atoms with E-state index in [0.29, 0.717) is 11.8 Å². The number of hydrogen-bond donors (Lipinski definition) is 0. The second-order valence-electron chi connectivity index (χ2n) is 5.58. The average Bonchev–Trinajstić information content (AvgIpc) is 2.14. The molecule has 0 heterocycles. The summed E-state index contributed by atoms with van der Waals surface area (Å²) in [6.07, 6.45) is 1.06. The lowest BCUT2D eigenvalue weighted by molar-refractivity contribution is -0.139. The molecule has 0 saturated heterocycles. The van der Waals surface area contributed by atoms with Gasteiger partial charge in [-0.05, 0) is 18.3 Å². The van der Waals surface area contributed by atoms with E-state index in [-0.39, 0.29) is 11.3 Å². The van der Waals surface area contributed by atoms with Crippen LogP contribution in [0.5, 0.6) is 0 Å². The van der Waals surface area contributed by atoms with E-state index >= 15 is 0 Å². The molecule has 0 saturated carbocycles. The normalized spacial score (nSPS) is 15.9. The number of hydrogen-bond acceptors (Lipinski definition) is 1. The summed E-state index contributed by atoms with van der Waals surface area (Å²) in [6, 6.07) is 0. The summed E-state index contributed by atoms with van der Waals surface area (Å²) in [7, 11) is 1.89. The van der Waals surface area contributed by atoms with Gasteiger partial charge in [0.25, 0.3) is 0 Å². The Morgan fingerprint density at radius 3 is 2.00 bits per heavy atom. The molecule has 0 aliphatic rings. The zero-order chi connectivity index (χ0) is 12.2.